The summed E-state index contributed by atoms with van der Waals surface area (Å²) in [6.07, 6.45) is 0.793. The molecule has 2 aromatic carbocycles. The summed E-state index contributed by atoms with van der Waals surface area (Å²) in [5.41, 5.74) is 13.0. The Labute approximate surface area is 232 Å². The van der Waals surface area contributed by atoms with E-state index in [4.69, 9.17) is 11.5 Å². The molecular formula is C28H36N6O6. The van der Waals surface area contributed by atoms with Crippen molar-refractivity contribution in [3.8, 4) is 5.75 Å². The maximum Gasteiger partial charge on any atom is 0.243 e. The number of hydrogen-bond donors (Lipinski definition) is 7. The zero-order valence-corrected chi connectivity index (χ0v) is 22.1. The van der Waals surface area contributed by atoms with Crippen LogP contribution >= 0.6 is 0 Å². The number of benzene rings is 2. The summed E-state index contributed by atoms with van der Waals surface area (Å²) in [5.74, 6) is -2.88. The highest BCUT2D eigenvalue weighted by molar-refractivity contribution is 5.95. The number of nitrogens with two attached hydrogens (primary N) is 2. The number of carbonyl (C=O) groups is 5. The molecule has 12 heteroatoms. The maximum absolute atomic E-state index is 13.4. The van der Waals surface area contributed by atoms with E-state index in [0.29, 0.717) is 6.42 Å². The Morgan fingerprint density at radius 2 is 1.65 bits per heavy atom. The van der Waals surface area contributed by atoms with Crippen LogP contribution in [0.5, 0.6) is 5.75 Å². The fourth-order valence-corrected chi connectivity index (χ4v) is 4.31. The van der Waals surface area contributed by atoms with Crippen molar-refractivity contribution in [3.63, 3.8) is 0 Å². The van der Waals surface area contributed by atoms with Crippen LogP contribution in [0, 0.1) is 0 Å². The second-order valence-electron chi connectivity index (χ2n) is 9.78. The lowest BCUT2D eigenvalue weighted by atomic mass is 10.0. The Hall–Kier alpha value is -4.45. The molecule has 40 heavy (non-hydrogen) atoms. The van der Waals surface area contributed by atoms with E-state index < -0.39 is 47.8 Å². The number of rotatable bonds is 7. The second-order valence-corrected chi connectivity index (χ2v) is 9.78. The summed E-state index contributed by atoms with van der Waals surface area (Å²) >= 11 is 0. The van der Waals surface area contributed by atoms with E-state index >= 15 is 0 Å². The SMILES string of the molecule is NC(=O)[C@@H]1CCC(=O)NCCCC(NC(=O)[C@@H](N)Cc2ccc(O)cc2)C(=O)NC(Cc2ccccc2)C(=O)N1. The summed E-state index contributed by atoms with van der Waals surface area (Å²) < 4.78 is 0. The minimum atomic E-state index is -1.11. The minimum Gasteiger partial charge on any atom is -0.508 e. The molecule has 5 amide bonds. The van der Waals surface area contributed by atoms with E-state index in [1.807, 2.05) is 6.07 Å². The number of carbonyl (C=O) groups excluding carboxylic acids is 5. The Kier molecular flexibility index (Phi) is 11.0. The van der Waals surface area contributed by atoms with Gasteiger partial charge in [-0.25, -0.2) is 0 Å². The third-order valence-corrected chi connectivity index (χ3v) is 6.59. The highest BCUT2D eigenvalue weighted by Crippen LogP contribution is 2.12. The average Bonchev–Trinajstić information content (AvgIpc) is 2.93. The lowest BCUT2D eigenvalue weighted by molar-refractivity contribution is -0.134. The van der Waals surface area contributed by atoms with Gasteiger partial charge in [-0.15, -0.1) is 0 Å². The average molecular weight is 553 g/mol. The first-order valence-electron chi connectivity index (χ1n) is 13.2. The van der Waals surface area contributed by atoms with E-state index in [-0.39, 0.29) is 50.3 Å². The van der Waals surface area contributed by atoms with Crippen LogP contribution in [0.4, 0.5) is 0 Å². The smallest absolute Gasteiger partial charge is 0.243 e. The summed E-state index contributed by atoms with van der Waals surface area (Å²) in [6.45, 7) is 0.235. The molecule has 0 bridgehead atoms. The Bertz CT molecular complexity index is 1190. The number of phenolic OH excluding ortho intramolecular Hbond substituents is 1. The second kappa shape index (κ2) is 14.6. The lowest BCUT2D eigenvalue weighted by Crippen LogP contribution is -2.58. The molecule has 214 valence electrons. The van der Waals surface area contributed by atoms with Crippen molar-refractivity contribution in [3.05, 3.63) is 65.7 Å². The van der Waals surface area contributed by atoms with Crippen LogP contribution in [0.2, 0.25) is 0 Å². The number of phenols is 1. The maximum atomic E-state index is 13.4. The molecule has 9 N–H and O–H groups in total. The third kappa shape index (κ3) is 9.38. The Morgan fingerprint density at radius 1 is 0.950 bits per heavy atom. The van der Waals surface area contributed by atoms with Gasteiger partial charge in [0.25, 0.3) is 0 Å². The van der Waals surface area contributed by atoms with Gasteiger partial charge in [-0.05, 0) is 48.9 Å². The summed E-state index contributed by atoms with van der Waals surface area (Å²) in [7, 11) is 0. The van der Waals surface area contributed by atoms with Crippen LogP contribution in [0.1, 0.15) is 36.8 Å². The molecule has 0 radical (unpaired) electrons. The molecule has 0 aromatic heterocycles. The number of primary amides is 1. The fourth-order valence-electron chi connectivity index (χ4n) is 4.31. The molecule has 2 aromatic rings. The monoisotopic (exact) mass is 552 g/mol. The number of hydrogen-bond acceptors (Lipinski definition) is 7. The number of amides is 5. The highest BCUT2D eigenvalue weighted by atomic mass is 16.3. The van der Waals surface area contributed by atoms with Crippen LogP contribution in [-0.2, 0) is 36.8 Å². The van der Waals surface area contributed by atoms with E-state index in [1.54, 1.807) is 36.4 Å². The van der Waals surface area contributed by atoms with E-state index in [9.17, 15) is 29.1 Å². The first-order valence-corrected chi connectivity index (χ1v) is 13.2. The first kappa shape index (κ1) is 30.1. The van der Waals surface area contributed by atoms with Crippen LogP contribution < -0.4 is 32.7 Å². The molecule has 1 aliphatic rings. The normalized spacial score (nSPS) is 21.6. The van der Waals surface area contributed by atoms with Gasteiger partial charge in [0.2, 0.25) is 29.5 Å². The molecule has 3 rings (SSSR count). The number of aromatic hydroxyl groups is 1. The highest BCUT2D eigenvalue weighted by Gasteiger charge is 2.30. The molecule has 12 nitrogen and oxygen atoms in total. The van der Waals surface area contributed by atoms with Gasteiger partial charge >= 0.3 is 0 Å². The molecular weight excluding hydrogens is 516 g/mol. The van der Waals surface area contributed by atoms with E-state index in [1.165, 1.54) is 12.1 Å². The van der Waals surface area contributed by atoms with E-state index in [0.717, 1.165) is 11.1 Å². The van der Waals surface area contributed by atoms with Gasteiger partial charge in [-0.3, -0.25) is 24.0 Å². The molecule has 1 aliphatic heterocycles. The summed E-state index contributed by atoms with van der Waals surface area (Å²) in [5, 5.41) is 20.1. The molecule has 0 saturated carbocycles. The van der Waals surface area contributed by atoms with Gasteiger partial charge < -0.3 is 37.8 Å². The zero-order chi connectivity index (χ0) is 29.1. The summed E-state index contributed by atoms with van der Waals surface area (Å²) in [6, 6.07) is 11.0. The van der Waals surface area contributed by atoms with Gasteiger partial charge in [0, 0.05) is 19.4 Å². The molecule has 0 spiro atoms. The van der Waals surface area contributed by atoms with Crippen LogP contribution in [0.15, 0.2) is 54.6 Å². The van der Waals surface area contributed by atoms with Crippen molar-refractivity contribution in [2.24, 2.45) is 11.5 Å². The van der Waals surface area contributed by atoms with Crippen LogP contribution in [0.25, 0.3) is 0 Å². The standard InChI is InChI=1S/C28H36N6O6/c29-20(15-18-8-10-19(35)11-9-18)26(38)33-22-7-4-14-31-24(36)13-12-21(25(30)37)32-28(40)23(34-27(22)39)16-17-5-2-1-3-6-17/h1-3,5-6,8-11,20-23,35H,4,7,12-16,29H2,(H2,30,37)(H,31,36)(H,32,40)(H,33,38)(H,34,39)/t20-,21-,22?,23?/m0/s1. The van der Waals surface area contributed by atoms with Crippen molar-refractivity contribution in [2.45, 2.75) is 62.7 Å². The van der Waals surface area contributed by atoms with Gasteiger partial charge in [0.05, 0.1) is 6.04 Å². The van der Waals surface area contributed by atoms with Gasteiger partial charge in [-0.2, -0.15) is 0 Å². The number of nitrogens with one attached hydrogen (secondary N) is 4. The quantitative estimate of drug-likeness (QED) is 0.231. The third-order valence-electron chi connectivity index (χ3n) is 6.59. The zero-order valence-electron chi connectivity index (χ0n) is 22.1. The predicted octanol–water partition coefficient (Wildman–Crippen LogP) is -0.865. The topological polar surface area (TPSA) is 206 Å². The molecule has 1 fully saturated rings. The van der Waals surface area contributed by atoms with Crippen molar-refractivity contribution in [1.82, 2.24) is 21.3 Å². The fraction of sp³-hybridized carbons (Fsp3) is 0.393. The van der Waals surface area contributed by atoms with Gasteiger partial charge in [0.1, 0.15) is 23.9 Å². The van der Waals surface area contributed by atoms with Gasteiger partial charge in [0.15, 0.2) is 0 Å². The molecule has 0 aliphatic carbocycles. The Balaban J connectivity index is 1.79. The van der Waals surface area contributed by atoms with Crippen molar-refractivity contribution in [1.29, 1.82) is 0 Å². The van der Waals surface area contributed by atoms with E-state index in [2.05, 4.69) is 21.3 Å². The largest absolute Gasteiger partial charge is 0.508 e. The van der Waals surface area contributed by atoms with Gasteiger partial charge in [-0.1, -0.05) is 42.5 Å². The molecule has 4 atom stereocenters. The van der Waals surface area contributed by atoms with Crippen LogP contribution in [-0.4, -0.2) is 65.4 Å². The molecule has 1 heterocycles. The predicted molar refractivity (Wildman–Crippen MR) is 146 cm³/mol. The van der Waals surface area contributed by atoms with Crippen molar-refractivity contribution in [2.75, 3.05) is 6.54 Å². The van der Waals surface area contributed by atoms with Crippen molar-refractivity contribution >= 4 is 29.5 Å². The molecule has 1 saturated heterocycles. The van der Waals surface area contributed by atoms with Crippen LogP contribution in [0.3, 0.4) is 0 Å². The van der Waals surface area contributed by atoms with Crippen molar-refractivity contribution < 1.29 is 29.1 Å². The minimum absolute atomic E-state index is 0.0104. The molecule has 2 unspecified atom stereocenters. The summed E-state index contributed by atoms with van der Waals surface area (Å²) in [4.78, 5) is 63.8. The first-order chi connectivity index (χ1) is 19.1. The lowest BCUT2D eigenvalue weighted by Gasteiger charge is -2.26. The Morgan fingerprint density at radius 3 is 2.33 bits per heavy atom.